The molecule has 0 atom stereocenters. The maximum atomic E-state index is 9.42. The topological polar surface area (TPSA) is 32.3 Å². The highest BCUT2D eigenvalue weighted by Gasteiger charge is 2.00. The van der Waals surface area contributed by atoms with Crippen molar-refractivity contribution >= 4 is 15.9 Å². The SMILES string of the molecule is C#CCNCc1cc(Br)ccc1O. The van der Waals surface area contributed by atoms with Crippen LogP contribution in [0.2, 0.25) is 0 Å². The van der Waals surface area contributed by atoms with Crippen LogP contribution in [0.1, 0.15) is 5.56 Å². The first-order chi connectivity index (χ1) is 6.24. The Kier molecular flexibility index (Phi) is 3.81. The first kappa shape index (κ1) is 10.1. The fourth-order valence-electron chi connectivity index (χ4n) is 0.965. The van der Waals surface area contributed by atoms with Crippen LogP contribution in [-0.2, 0) is 6.54 Å². The molecule has 2 nitrogen and oxygen atoms in total. The Morgan fingerprint density at radius 3 is 3.00 bits per heavy atom. The summed E-state index contributed by atoms with van der Waals surface area (Å²) in [6.45, 7) is 1.08. The second-order valence-corrected chi connectivity index (χ2v) is 3.50. The van der Waals surface area contributed by atoms with Gasteiger partial charge in [0.2, 0.25) is 0 Å². The van der Waals surface area contributed by atoms with Crippen LogP contribution in [0.15, 0.2) is 22.7 Å². The van der Waals surface area contributed by atoms with Crippen molar-refractivity contribution in [3.8, 4) is 18.1 Å². The third-order valence-electron chi connectivity index (χ3n) is 1.58. The number of terminal acetylenes is 1. The molecule has 0 bridgehead atoms. The fourth-order valence-corrected chi connectivity index (χ4v) is 1.37. The number of nitrogens with one attached hydrogen (secondary N) is 1. The molecule has 1 rings (SSSR count). The molecule has 0 aliphatic rings. The molecule has 1 aromatic rings. The molecular weight excluding hydrogens is 230 g/mol. The van der Waals surface area contributed by atoms with E-state index in [1.165, 1.54) is 0 Å². The highest BCUT2D eigenvalue weighted by Crippen LogP contribution is 2.21. The monoisotopic (exact) mass is 239 g/mol. The zero-order valence-electron chi connectivity index (χ0n) is 7.05. The molecule has 0 aliphatic heterocycles. The van der Waals surface area contributed by atoms with Gasteiger partial charge in [-0.25, -0.2) is 0 Å². The Morgan fingerprint density at radius 1 is 1.54 bits per heavy atom. The van der Waals surface area contributed by atoms with Gasteiger partial charge in [-0.1, -0.05) is 21.9 Å². The van der Waals surface area contributed by atoms with E-state index in [-0.39, 0.29) is 5.75 Å². The Bertz CT molecular complexity index is 330. The van der Waals surface area contributed by atoms with Gasteiger partial charge >= 0.3 is 0 Å². The zero-order valence-corrected chi connectivity index (χ0v) is 8.63. The van der Waals surface area contributed by atoms with Crippen molar-refractivity contribution in [2.24, 2.45) is 0 Å². The highest BCUT2D eigenvalue weighted by atomic mass is 79.9. The van der Waals surface area contributed by atoms with Gasteiger partial charge in [-0.15, -0.1) is 6.42 Å². The predicted molar refractivity (Wildman–Crippen MR) is 56.3 cm³/mol. The van der Waals surface area contributed by atoms with E-state index >= 15 is 0 Å². The molecule has 0 heterocycles. The number of halogens is 1. The lowest BCUT2D eigenvalue weighted by molar-refractivity contribution is 0.465. The van der Waals surface area contributed by atoms with Crippen LogP contribution in [0.5, 0.6) is 5.75 Å². The lowest BCUT2D eigenvalue weighted by atomic mass is 10.2. The molecule has 0 fully saturated rings. The van der Waals surface area contributed by atoms with Crippen molar-refractivity contribution in [2.75, 3.05) is 6.54 Å². The summed E-state index contributed by atoms with van der Waals surface area (Å²) in [7, 11) is 0. The summed E-state index contributed by atoms with van der Waals surface area (Å²) in [5, 5.41) is 12.4. The van der Waals surface area contributed by atoms with Gasteiger partial charge in [0.05, 0.1) is 6.54 Å². The third kappa shape index (κ3) is 3.10. The zero-order chi connectivity index (χ0) is 9.68. The van der Waals surface area contributed by atoms with Crippen LogP contribution in [0.3, 0.4) is 0 Å². The molecule has 3 heteroatoms. The smallest absolute Gasteiger partial charge is 0.120 e. The van der Waals surface area contributed by atoms with E-state index < -0.39 is 0 Å². The highest BCUT2D eigenvalue weighted by molar-refractivity contribution is 9.10. The lowest BCUT2D eigenvalue weighted by Gasteiger charge is -2.04. The molecule has 0 saturated heterocycles. The Balaban J connectivity index is 2.65. The molecule has 0 unspecified atom stereocenters. The molecule has 0 saturated carbocycles. The van der Waals surface area contributed by atoms with Crippen molar-refractivity contribution in [1.29, 1.82) is 0 Å². The van der Waals surface area contributed by atoms with Crippen LogP contribution in [-0.4, -0.2) is 11.7 Å². The molecule has 0 amide bonds. The summed E-state index contributed by atoms with van der Waals surface area (Å²) < 4.78 is 0.947. The summed E-state index contributed by atoms with van der Waals surface area (Å²) in [6, 6.07) is 5.30. The number of hydrogen-bond donors (Lipinski definition) is 2. The van der Waals surface area contributed by atoms with Gasteiger partial charge in [0, 0.05) is 16.6 Å². The molecule has 0 aliphatic carbocycles. The molecular formula is C10H10BrNO. The van der Waals surface area contributed by atoms with Crippen LogP contribution >= 0.6 is 15.9 Å². The fraction of sp³-hybridized carbons (Fsp3) is 0.200. The summed E-state index contributed by atoms with van der Waals surface area (Å²) >= 11 is 3.33. The van der Waals surface area contributed by atoms with Gasteiger partial charge in [0.25, 0.3) is 0 Å². The average molecular weight is 240 g/mol. The molecule has 13 heavy (non-hydrogen) atoms. The quantitative estimate of drug-likeness (QED) is 0.624. The first-order valence-electron chi connectivity index (χ1n) is 3.85. The van der Waals surface area contributed by atoms with Crippen molar-refractivity contribution in [3.63, 3.8) is 0 Å². The first-order valence-corrected chi connectivity index (χ1v) is 4.65. The minimum Gasteiger partial charge on any atom is -0.508 e. The molecule has 2 N–H and O–H groups in total. The van der Waals surface area contributed by atoms with Gasteiger partial charge < -0.3 is 10.4 Å². The Morgan fingerprint density at radius 2 is 2.31 bits per heavy atom. The Hall–Kier alpha value is -0.980. The van der Waals surface area contributed by atoms with Crippen molar-refractivity contribution in [3.05, 3.63) is 28.2 Å². The van der Waals surface area contributed by atoms with E-state index in [0.717, 1.165) is 10.0 Å². The van der Waals surface area contributed by atoms with Crippen LogP contribution < -0.4 is 5.32 Å². The molecule has 0 radical (unpaired) electrons. The standard InChI is InChI=1S/C10H10BrNO/c1-2-5-12-7-8-6-9(11)3-4-10(8)13/h1,3-4,6,12-13H,5,7H2. The summed E-state index contributed by atoms with van der Waals surface area (Å²) in [5.41, 5.74) is 0.838. The van der Waals surface area contributed by atoms with E-state index in [1.54, 1.807) is 12.1 Å². The van der Waals surface area contributed by atoms with Crippen LogP contribution in [0.25, 0.3) is 0 Å². The summed E-state index contributed by atoms with van der Waals surface area (Å²) in [4.78, 5) is 0. The van der Waals surface area contributed by atoms with Crippen LogP contribution in [0, 0.1) is 12.3 Å². The molecule has 1 aromatic carbocycles. The average Bonchev–Trinajstić information content (AvgIpc) is 2.11. The molecule has 0 spiro atoms. The third-order valence-corrected chi connectivity index (χ3v) is 2.08. The van der Waals surface area contributed by atoms with Gasteiger partial charge in [-0.3, -0.25) is 0 Å². The summed E-state index contributed by atoms with van der Waals surface area (Å²) in [5.74, 6) is 2.75. The van der Waals surface area contributed by atoms with Gasteiger partial charge in [-0.05, 0) is 18.2 Å². The number of phenolic OH excluding ortho intramolecular Hbond substituents is 1. The van der Waals surface area contributed by atoms with Crippen LogP contribution in [0.4, 0.5) is 0 Å². The predicted octanol–water partition coefficient (Wildman–Crippen LogP) is 1.88. The second kappa shape index (κ2) is 4.90. The number of aromatic hydroxyl groups is 1. The normalized spacial score (nSPS) is 9.54. The van der Waals surface area contributed by atoms with E-state index in [1.807, 2.05) is 6.07 Å². The van der Waals surface area contributed by atoms with E-state index in [0.29, 0.717) is 13.1 Å². The molecule has 68 valence electrons. The number of hydrogen-bond acceptors (Lipinski definition) is 2. The van der Waals surface area contributed by atoms with Gasteiger partial charge in [0.15, 0.2) is 0 Å². The maximum absolute atomic E-state index is 9.42. The lowest BCUT2D eigenvalue weighted by Crippen LogP contribution is -2.12. The minimum absolute atomic E-state index is 0.285. The summed E-state index contributed by atoms with van der Waals surface area (Å²) in [6.07, 6.45) is 5.08. The number of rotatable bonds is 3. The van der Waals surface area contributed by atoms with Crippen molar-refractivity contribution < 1.29 is 5.11 Å². The van der Waals surface area contributed by atoms with Crippen molar-refractivity contribution in [2.45, 2.75) is 6.54 Å². The largest absolute Gasteiger partial charge is 0.508 e. The van der Waals surface area contributed by atoms with Gasteiger partial charge in [0.1, 0.15) is 5.75 Å². The Labute approximate surface area is 86.1 Å². The second-order valence-electron chi connectivity index (χ2n) is 2.58. The van der Waals surface area contributed by atoms with Crippen molar-refractivity contribution in [1.82, 2.24) is 5.32 Å². The maximum Gasteiger partial charge on any atom is 0.120 e. The van der Waals surface area contributed by atoms with Gasteiger partial charge in [-0.2, -0.15) is 0 Å². The van der Waals surface area contributed by atoms with E-state index in [2.05, 4.69) is 27.2 Å². The number of phenols is 1. The van der Waals surface area contributed by atoms with E-state index in [4.69, 9.17) is 6.42 Å². The van der Waals surface area contributed by atoms with E-state index in [9.17, 15) is 5.11 Å². The number of benzene rings is 1. The minimum atomic E-state index is 0.285. The molecule has 0 aromatic heterocycles.